The third kappa shape index (κ3) is 5.53. The molecule has 0 bridgehead atoms. The molecule has 1 N–H and O–H groups in total. The van der Waals surface area contributed by atoms with E-state index in [2.05, 4.69) is 10.2 Å². The summed E-state index contributed by atoms with van der Waals surface area (Å²) in [7, 11) is 1.63. The first-order valence-corrected chi connectivity index (χ1v) is 10.3. The van der Waals surface area contributed by atoms with Crippen LogP contribution in [0.3, 0.4) is 0 Å². The van der Waals surface area contributed by atoms with Crippen molar-refractivity contribution in [3.63, 3.8) is 0 Å². The van der Waals surface area contributed by atoms with Crippen LogP contribution in [0.2, 0.25) is 0 Å². The fraction of sp³-hybridized carbons (Fsp3) is 0.417. The topological polar surface area (TPSA) is 61.9 Å². The van der Waals surface area contributed by atoms with Gasteiger partial charge >= 0.3 is 0 Å². The minimum Gasteiger partial charge on any atom is -0.497 e. The number of hydrogen-bond donors (Lipinski definition) is 1. The van der Waals surface area contributed by atoms with E-state index >= 15 is 0 Å². The van der Waals surface area contributed by atoms with Gasteiger partial charge in [-0.25, -0.2) is 0 Å². The molecule has 0 saturated carbocycles. The molecule has 1 saturated heterocycles. The average molecular weight is 410 g/mol. The number of ether oxygens (including phenoxy) is 1. The molecule has 30 heavy (non-hydrogen) atoms. The summed E-state index contributed by atoms with van der Waals surface area (Å²) in [6, 6.07) is 15.5. The molecule has 1 aliphatic heterocycles. The smallest absolute Gasteiger partial charge is 0.229 e. The van der Waals surface area contributed by atoms with E-state index in [-0.39, 0.29) is 11.8 Å². The van der Waals surface area contributed by atoms with E-state index in [1.165, 1.54) is 0 Å². The molecule has 6 heteroatoms. The van der Waals surface area contributed by atoms with Gasteiger partial charge < -0.3 is 19.9 Å². The summed E-state index contributed by atoms with van der Waals surface area (Å²) in [6.45, 7) is 8.68. The van der Waals surface area contributed by atoms with Crippen molar-refractivity contribution in [3.05, 3.63) is 54.1 Å². The molecule has 2 aromatic carbocycles. The summed E-state index contributed by atoms with van der Waals surface area (Å²) in [5, 5.41) is 2.95. The third-order valence-corrected chi connectivity index (χ3v) is 5.32. The molecule has 0 unspecified atom stereocenters. The number of carbonyl (C=O) groups excluding carboxylic acids is 2. The Labute approximate surface area is 178 Å². The van der Waals surface area contributed by atoms with Crippen LogP contribution in [0, 0.1) is 5.41 Å². The Morgan fingerprint density at radius 1 is 0.933 bits per heavy atom. The van der Waals surface area contributed by atoms with Crippen molar-refractivity contribution in [1.82, 2.24) is 4.90 Å². The molecule has 0 atom stereocenters. The third-order valence-electron chi connectivity index (χ3n) is 5.32. The highest BCUT2D eigenvalue weighted by atomic mass is 16.5. The molecule has 1 aliphatic rings. The van der Waals surface area contributed by atoms with Gasteiger partial charge in [0.15, 0.2) is 0 Å². The molecule has 3 rings (SSSR count). The van der Waals surface area contributed by atoms with Crippen molar-refractivity contribution in [2.75, 3.05) is 43.5 Å². The van der Waals surface area contributed by atoms with Crippen molar-refractivity contribution in [2.45, 2.75) is 27.2 Å². The Morgan fingerprint density at radius 2 is 1.53 bits per heavy atom. The second-order valence-electron chi connectivity index (χ2n) is 8.64. The predicted molar refractivity (Wildman–Crippen MR) is 120 cm³/mol. The molecule has 0 aliphatic carbocycles. The number of hydrogen-bond acceptors (Lipinski definition) is 4. The maximum absolute atomic E-state index is 12.6. The number of carbonyl (C=O) groups is 2. The molecule has 2 amide bonds. The Hall–Kier alpha value is -3.02. The van der Waals surface area contributed by atoms with Crippen LogP contribution >= 0.6 is 0 Å². The zero-order chi connectivity index (χ0) is 21.7. The van der Waals surface area contributed by atoms with E-state index < -0.39 is 5.41 Å². The Balaban J connectivity index is 1.51. The van der Waals surface area contributed by atoms with Crippen LogP contribution in [0.1, 0.15) is 26.3 Å². The quantitative estimate of drug-likeness (QED) is 0.820. The van der Waals surface area contributed by atoms with Gasteiger partial charge in [-0.2, -0.15) is 0 Å². The van der Waals surface area contributed by atoms with Gasteiger partial charge in [0.2, 0.25) is 11.8 Å². The largest absolute Gasteiger partial charge is 0.497 e. The van der Waals surface area contributed by atoms with E-state index in [0.717, 1.165) is 35.8 Å². The van der Waals surface area contributed by atoms with Gasteiger partial charge in [0.05, 0.1) is 13.5 Å². The monoisotopic (exact) mass is 409 g/mol. The number of benzene rings is 2. The number of piperazine rings is 1. The lowest BCUT2D eigenvalue weighted by atomic mass is 9.95. The second kappa shape index (κ2) is 9.20. The van der Waals surface area contributed by atoms with E-state index in [0.29, 0.717) is 19.5 Å². The van der Waals surface area contributed by atoms with Crippen molar-refractivity contribution >= 4 is 23.2 Å². The van der Waals surface area contributed by atoms with E-state index in [1.54, 1.807) is 7.11 Å². The zero-order valence-corrected chi connectivity index (χ0v) is 18.3. The first kappa shape index (κ1) is 21.7. The van der Waals surface area contributed by atoms with Gasteiger partial charge in [-0.15, -0.1) is 0 Å². The standard InChI is InChI=1S/C24H31N3O3/c1-24(2,3)23(29)25-19-7-9-20(10-8-19)26-13-15-27(16-14-26)22(28)17-18-5-11-21(30-4)12-6-18/h5-12H,13-17H2,1-4H3,(H,25,29). The lowest BCUT2D eigenvalue weighted by molar-refractivity contribution is -0.130. The molecule has 0 spiro atoms. The Bertz CT molecular complexity index is 862. The summed E-state index contributed by atoms with van der Waals surface area (Å²) in [5.74, 6) is 0.947. The maximum Gasteiger partial charge on any atom is 0.229 e. The van der Waals surface area contributed by atoms with Crippen LogP contribution in [0.4, 0.5) is 11.4 Å². The van der Waals surface area contributed by atoms with Crippen LogP contribution < -0.4 is 15.0 Å². The number of anilines is 2. The fourth-order valence-corrected chi connectivity index (χ4v) is 3.32. The van der Waals surface area contributed by atoms with Crippen molar-refractivity contribution in [2.24, 2.45) is 5.41 Å². The van der Waals surface area contributed by atoms with Gasteiger partial charge in [-0.05, 0) is 42.0 Å². The first-order chi connectivity index (χ1) is 14.3. The highest BCUT2D eigenvalue weighted by Crippen LogP contribution is 2.22. The SMILES string of the molecule is COc1ccc(CC(=O)N2CCN(c3ccc(NC(=O)C(C)(C)C)cc3)CC2)cc1. The summed E-state index contributed by atoms with van der Waals surface area (Å²) >= 11 is 0. The van der Waals surface area contributed by atoms with Crippen LogP contribution in [-0.4, -0.2) is 50.0 Å². The zero-order valence-electron chi connectivity index (χ0n) is 18.3. The normalized spacial score (nSPS) is 14.4. The lowest BCUT2D eigenvalue weighted by Gasteiger charge is -2.36. The first-order valence-electron chi connectivity index (χ1n) is 10.3. The van der Waals surface area contributed by atoms with Crippen LogP contribution in [0.5, 0.6) is 5.75 Å². The summed E-state index contributed by atoms with van der Waals surface area (Å²) < 4.78 is 5.16. The Kier molecular flexibility index (Phi) is 6.65. The molecule has 160 valence electrons. The second-order valence-corrected chi connectivity index (χ2v) is 8.64. The van der Waals surface area contributed by atoms with Crippen molar-refractivity contribution in [1.29, 1.82) is 0 Å². The van der Waals surface area contributed by atoms with Crippen LogP contribution in [-0.2, 0) is 16.0 Å². The number of nitrogens with zero attached hydrogens (tertiary/aromatic N) is 2. The van der Waals surface area contributed by atoms with E-state index in [4.69, 9.17) is 4.74 Å². The lowest BCUT2D eigenvalue weighted by Crippen LogP contribution is -2.49. The number of amides is 2. The minimum absolute atomic E-state index is 0.000707. The molecule has 0 aromatic heterocycles. The molecule has 1 heterocycles. The fourth-order valence-electron chi connectivity index (χ4n) is 3.32. The molecular weight excluding hydrogens is 378 g/mol. The van der Waals surface area contributed by atoms with Gasteiger partial charge in [-0.1, -0.05) is 32.9 Å². The number of methoxy groups -OCH3 is 1. The number of nitrogens with one attached hydrogen (secondary N) is 1. The predicted octanol–water partition coefficient (Wildman–Crippen LogP) is 3.57. The summed E-state index contributed by atoms with van der Waals surface area (Å²) in [5.41, 5.74) is 2.47. The molecule has 0 radical (unpaired) electrons. The van der Waals surface area contributed by atoms with Gasteiger partial charge in [0.1, 0.15) is 5.75 Å². The molecular formula is C24H31N3O3. The Morgan fingerprint density at radius 3 is 2.07 bits per heavy atom. The molecule has 1 fully saturated rings. The van der Waals surface area contributed by atoms with Gasteiger partial charge in [-0.3, -0.25) is 9.59 Å². The average Bonchev–Trinajstić information content (AvgIpc) is 2.74. The van der Waals surface area contributed by atoms with Crippen LogP contribution in [0.25, 0.3) is 0 Å². The summed E-state index contributed by atoms with van der Waals surface area (Å²) in [4.78, 5) is 28.9. The summed E-state index contributed by atoms with van der Waals surface area (Å²) in [6.07, 6.45) is 0.409. The maximum atomic E-state index is 12.6. The van der Waals surface area contributed by atoms with Gasteiger partial charge in [0, 0.05) is 43.0 Å². The van der Waals surface area contributed by atoms with E-state index in [9.17, 15) is 9.59 Å². The van der Waals surface area contributed by atoms with Crippen molar-refractivity contribution < 1.29 is 14.3 Å². The van der Waals surface area contributed by atoms with Crippen LogP contribution in [0.15, 0.2) is 48.5 Å². The van der Waals surface area contributed by atoms with E-state index in [1.807, 2.05) is 74.2 Å². The minimum atomic E-state index is -0.423. The number of rotatable bonds is 5. The van der Waals surface area contributed by atoms with Crippen molar-refractivity contribution in [3.8, 4) is 5.75 Å². The molecule has 2 aromatic rings. The molecule has 6 nitrogen and oxygen atoms in total. The van der Waals surface area contributed by atoms with Gasteiger partial charge in [0.25, 0.3) is 0 Å². The highest BCUT2D eigenvalue weighted by molar-refractivity contribution is 5.94. The highest BCUT2D eigenvalue weighted by Gasteiger charge is 2.23.